The number of benzene rings is 1. The summed E-state index contributed by atoms with van der Waals surface area (Å²) in [6.07, 6.45) is 3.25. The van der Waals surface area contributed by atoms with Crippen molar-refractivity contribution in [2.45, 2.75) is 46.1 Å². The first kappa shape index (κ1) is 13.6. The third-order valence-corrected chi connectivity index (χ3v) is 3.03. The molecule has 19 heavy (non-hydrogen) atoms. The summed E-state index contributed by atoms with van der Waals surface area (Å²) in [4.78, 5) is 16.0. The van der Waals surface area contributed by atoms with E-state index in [2.05, 4.69) is 35.6 Å². The molecule has 0 atom stereocenters. The predicted molar refractivity (Wildman–Crippen MR) is 78.3 cm³/mol. The van der Waals surface area contributed by atoms with Gasteiger partial charge in [0.2, 0.25) is 5.91 Å². The van der Waals surface area contributed by atoms with Gasteiger partial charge >= 0.3 is 0 Å². The largest absolute Gasteiger partial charge is 0.326 e. The van der Waals surface area contributed by atoms with E-state index in [-0.39, 0.29) is 11.4 Å². The monoisotopic (exact) mass is 259 g/mol. The summed E-state index contributed by atoms with van der Waals surface area (Å²) in [6, 6.07) is 5.86. The summed E-state index contributed by atoms with van der Waals surface area (Å²) in [5, 5.41) is 2.89. The van der Waals surface area contributed by atoms with Gasteiger partial charge in [-0.25, -0.2) is 4.98 Å². The molecule has 0 saturated heterocycles. The number of hydrogen-bond acceptors (Lipinski definition) is 2. The lowest BCUT2D eigenvalue weighted by Crippen LogP contribution is -2.20. The molecule has 102 valence electrons. The third kappa shape index (κ3) is 2.95. The lowest BCUT2D eigenvalue weighted by molar-refractivity contribution is -0.116. The van der Waals surface area contributed by atoms with Gasteiger partial charge in [0.15, 0.2) is 0 Å². The third-order valence-electron chi connectivity index (χ3n) is 3.03. The molecule has 1 heterocycles. The van der Waals surface area contributed by atoms with Crippen molar-refractivity contribution < 1.29 is 4.79 Å². The molecule has 0 fully saturated rings. The van der Waals surface area contributed by atoms with Gasteiger partial charge in [0, 0.05) is 17.6 Å². The smallest absolute Gasteiger partial charge is 0.224 e. The van der Waals surface area contributed by atoms with Gasteiger partial charge in [-0.1, -0.05) is 6.92 Å². The molecule has 2 aromatic rings. The summed E-state index contributed by atoms with van der Waals surface area (Å²) in [5.41, 5.74) is 2.80. The van der Waals surface area contributed by atoms with Gasteiger partial charge in [-0.3, -0.25) is 4.79 Å². The Morgan fingerprint density at radius 1 is 1.37 bits per heavy atom. The minimum absolute atomic E-state index is 0.00171. The SMILES string of the molecule is CCCC(=O)Nc1ccc2c(c1)ncn2C(C)(C)C. The van der Waals surface area contributed by atoms with Crippen molar-refractivity contribution in [2.24, 2.45) is 0 Å². The Morgan fingerprint density at radius 2 is 2.11 bits per heavy atom. The molecule has 0 aliphatic rings. The van der Waals surface area contributed by atoms with Crippen molar-refractivity contribution >= 4 is 22.6 Å². The second-order valence-corrected chi connectivity index (χ2v) is 5.79. The minimum atomic E-state index is 0.00171. The zero-order chi connectivity index (χ0) is 14.0. The molecule has 4 nitrogen and oxygen atoms in total. The maximum absolute atomic E-state index is 11.6. The highest BCUT2D eigenvalue weighted by Crippen LogP contribution is 2.24. The van der Waals surface area contributed by atoms with E-state index >= 15 is 0 Å². The van der Waals surface area contributed by atoms with Gasteiger partial charge in [0.05, 0.1) is 17.4 Å². The van der Waals surface area contributed by atoms with Gasteiger partial charge in [-0.05, 0) is 45.4 Å². The van der Waals surface area contributed by atoms with Crippen LogP contribution in [0.15, 0.2) is 24.5 Å². The molecule has 0 spiro atoms. The first-order chi connectivity index (χ1) is 8.91. The van der Waals surface area contributed by atoms with Crippen LogP contribution in [0.5, 0.6) is 0 Å². The van der Waals surface area contributed by atoms with Gasteiger partial charge in [0.25, 0.3) is 0 Å². The molecule has 0 aliphatic carbocycles. The number of carbonyl (C=O) groups excluding carboxylic acids is 1. The van der Waals surface area contributed by atoms with Gasteiger partial charge in [0.1, 0.15) is 0 Å². The lowest BCUT2D eigenvalue weighted by atomic mass is 10.1. The molecule has 1 amide bonds. The molecule has 1 aromatic heterocycles. The van der Waals surface area contributed by atoms with Crippen molar-refractivity contribution in [3.63, 3.8) is 0 Å². The molecule has 0 aliphatic heterocycles. The summed E-state index contributed by atoms with van der Waals surface area (Å²) in [6.45, 7) is 8.43. The topological polar surface area (TPSA) is 46.9 Å². The molecule has 1 aromatic carbocycles. The fraction of sp³-hybridized carbons (Fsp3) is 0.467. The Morgan fingerprint density at radius 3 is 2.74 bits per heavy atom. The van der Waals surface area contributed by atoms with E-state index in [0.29, 0.717) is 6.42 Å². The molecule has 4 heteroatoms. The zero-order valence-electron chi connectivity index (χ0n) is 12.0. The average molecular weight is 259 g/mol. The Hall–Kier alpha value is -1.84. The number of carbonyl (C=O) groups is 1. The highest BCUT2D eigenvalue weighted by Gasteiger charge is 2.16. The van der Waals surface area contributed by atoms with Crippen LogP contribution >= 0.6 is 0 Å². The summed E-state index contributed by atoms with van der Waals surface area (Å²) >= 11 is 0. The minimum Gasteiger partial charge on any atom is -0.326 e. The van der Waals surface area contributed by atoms with Crippen molar-refractivity contribution in [2.75, 3.05) is 5.32 Å². The Labute approximate surface area is 113 Å². The van der Waals surface area contributed by atoms with Gasteiger partial charge in [-0.2, -0.15) is 0 Å². The van der Waals surface area contributed by atoms with Crippen LogP contribution < -0.4 is 5.32 Å². The van der Waals surface area contributed by atoms with Gasteiger partial charge in [-0.15, -0.1) is 0 Å². The maximum Gasteiger partial charge on any atom is 0.224 e. The number of amides is 1. The molecular formula is C15H21N3O. The first-order valence-corrected chi connectivity index (χ1v) is 6.69. The second kappa shape index (κ2) is 5.03. The number of aromatic nitrogens is 2. The van der Waals surface area contributed by atoms with E-state index < -0.39 is 0 Å². The first-order valence-electron chi connectivity index (χ1n) is 6.69. The van der Waals surface area contributed by atoms with Crippen molar-refractivity contribution in [3.05, 3.63) is 24.5 Å². The Kier molecular flexibility index (Phi) is 3.60. The van der Waals surface area contributed by atoms with Crippen LogP contribution in [0, 0.1) is 0 Å². The Balaban J connectivity index is 2.30. The molecule has 0 unspecified atom stereocenters. The van der Waals surface area contributed by atoms with Crippen LogP contribution in [-0.2, 0) is 10.3 Å². The van der Waals surface area contributed by atoms with Crippen LogP contribution in [0.1, 0.15) is 40.5 Å². The highest BCUT2D eigenvalue weighted by atomic mass is 16.1. The Bertz CT molecular complexity index is 593. The number of imidazole rings is 1. The van der Waals surface area contributed by atoms with Crippen molar-refractivity contribution in [3.8, 4) is 0 Å². The van der Waals surface area contributed by atoms with Crippen LogP contribution in [0.3, 0.4) is 0 Å². The summed E-state index contributed by atoms with van der Waals surface area (Å²) < 4.78 is 2.14. The average Bonchev–Trinajstić information content (AvgIpc) is 2.71. The number of anilines is 1. The molecule has 2 rings (SSSR count). The molecule has 0 radical (unpaired) electrons. The van der Waals surface area contributed by atoms with Crippen LogP contribution in [0.25, 0.3) is 11.0 Å². The number of nitrogens with one attached hydrogen (secondary N) is 1. The predicted octanol–water partition coefficient (Wildman–Crippen LogP) is 3.53. The molecule has 0 saturated carbocycles. The van der Waals surface area contributed by atoms with Crippen LogP contribution in [0.4, 0.5) is 5.69 Å². The van der Waals surface area contributed by atoms with Crippen molar-refractivity contribution in [1.29, 1.82) is 0 Å². The molecular weight excluding hydrogens is 238 g/mol. The normalized spacial score (nSPS) is 11.8. The number of nitrogens with zero attached hydrogens (tertiary/aromatic N) is 2. The zero-order valence-corrected chi connectivity index (χ0v) is 12.0. The summed E-state index contributed by atoms with van der Waals surface area (Å²) in [5.74, 6) is 0.0529. The highest BCUT2D eigenvalue weighted by molar-refractivity contribution is 5.93. The quantitative estimate of drug-likeness (QED) is 0.916. The fourth-order valence-electron chi connectivity index (χ4n) is 2.08. The standard InChI is InChI=1S/C15H21N3O/c1-5-6-14(19)17-11-7-8-13-12(9-11)16-10-18(13)15(2,3)4/h7-10H,5-6H2,1-4H3,(H,17,19). The molecule has 1 N–H and O–H groups in total. The maximum atomic E-state index is 11.6. The van der Waals surface area contributed by atoms with E-state index in [1.165, 1.54) is 0 Å². The van der Waals surface area contributed by atoms with E-state index in [9.17, 15) is 4.79 Å². The number of fused-ring (bicyclic) bond motifs is 1. The van der Waals surface area contributed by atoms with E-state index in [0.717, 1.165) is 23.1 Å². The number of rotatable bonds is 3. The van der Waals surface area contributed by atoms with Crippen LogP contribution in [0.2, 0.25) is 0 Å². The van der Waals surface area contributed by atoms with Crippen LogP contribution in [-0.4, -0.2) is 15.5 Å². The lowest BCUT2D eigenvalue weighted by Gasteiger charge is -2.21. The second-order valence-electron chi connectivity index (χ2n) is 5.79. The molecule has 0 bridgehead atoms. The fourth-order valence-corrected chi connectivity index (χ4v) is 2.08. The van der Waals surface area contributed by atoms with E-state index in [1.54, 1.807) is 0 Å². The summed E-state index contributed by atoms with van der Waals surface area (Å²) in [7, 11) is 0. The van der Waals surface area contributed by atoms with Crippen molar-refractivity contribution in [1.82, 2.24) is 9.55 Å². The van der Waals surface area contributed by atoms with E-state index in [4.69, 9.17) is 0 Å². The van der Waals surface area contributed by atoms with E-state index in [1.807, 2.05) is 31.5 Å². The van der Waals surface area contributed by atoms with Gasteiger partial charge < -0.3 is 9.88 Å². The number of hydrogen-bond donors (Lipinski definition) is 1.